The van der Waals surface area contributed by atoms with Crippen LogP contribution in [0, 0.1) is 0 Å². The highest BCUT2D eigenvalue weighted by molar-refractivity contribution is 4.92. The van der Waals surface area contributed by atoms with Crippen LogP contribution in [0.15, 0.2) is 0 Å². The predicted octanol–water partition coefficient (Wildman–Crippen LogP) is -4.37. The normalized spacial score (nSPS) is 53.5. The van der Waals surface area contributed by atoms with Crippen LogP contribution >= 0.6 is 0 Å². The topological polar surface area (TPSA) is 169 Å². The molecule has 0 bridgehead atoms. The van der Waals surface area contributed by atoms with Gasteiger partial charge in [0, 0.05) is 0 Å². The summed E-state index contributed by atoms with van der Waals surface area (Å²) in [5.74, 6) is 0. The first kappa shape index (κ1) is 17.9. The molecule has 0 saturated carbocycles. The monoisotopic (exact) mass is 326 g/mol. The number of hydrogen-bond acceptors (Lipinski definition) is 10. The Morgan fingerprint density at radius 1 is 0.818 bits per heavy atom. The lowest BCUT2D eigenvalue weighted by Gasteiger charge is -2.44. The van der Waals surface area contributed by atoms with Crippen LogP contribution in [0.5, 0.6) is 0 Å². The van der Waals surface area contributed by atoms with E-state index in [-0.39, 0.29) is 0 Å². The molecular weight excluding hydrogens is 304 g/mol. The van der Waals surface area contributed by atoms with Crippen molar-refractivity contribution in [2.75, 3.05) is 6.61 Å². The van der Waals surface area contributed by atoms with Gasteiger partial charge in [-0.2, -0.15) is 0 Å². The van der Waals surface area contributed by atoms with Gasteiger partial charge in [-0.1, -0.05) is 0 Å². The third-order valence-corrected chi connectivity index (χ3v) is 3.94. The third kappa shape index (κ3) is 3.26. The van der Waals surface area contributed by atoms with Crippen molar-refractivity contribution >= 4 is 0 Å². The molecular formula is C12H22O10. The summed E-state index contributed by atoms with van der Waals surface area (Å²) < 4.78 is 15.3. The fraction of sp³-hybridized carbons (Fsp3) is 1.00. The summed E-state index contributed by atoms with van der Waals surface area (Å²) in [7, 11) is 0. The van der Waals surface area contributed by atoms with Crippen LogP contribution in [0.4, 0.5) is 0 Å². The molecule has 2 aliphatic rings. The lowest BCUT2D eigenvalue weighted by molar-refractivity contribution is -0.358. The molecule has 0 aromatic heterocycles. The Morgan fingerprint density at radius 3 is 2.05 bits per heavy atom. The zero-order chi connectivity index (χ0) is 16.6. The lowest BCUT2D eigenvalue weighted by Crippen LogP contribution is -2.63. The summed E-state index contributed by atoms with van der Waals surface area (Å²) in [5, 5.41) is 67.5. The van der Waals surface area contributed by atoms with E-state index in [4.69, 9.17) is 19.3 Å². The summed E-state index contributed by atoms with van der Waals surface area (Å²) in [4.78, 5) is 0. The fourth-order valence-corrected chi connectivity index (χ4v) is 2.50. The average Bonchev–Trinajstić information content (AvgIpc) is 2.49. The van der Waals surface area contributed by atoms with Crippen LogP contribution < -0.4 is 0 Å². The second kappa shape index (κ2) is 7.01. The maximum Gasteiger partial charge on any atom is 0.187 e. The molecule has 10 nitrogen and oxygen atoms in total. The SMILES string of the molecule is C[C@@H]1O[C@@H](O[C@H]2C(O)O[C@H](CO)[C@H](O)[C@@H]2O)[C@H](O)[C@H](O)[C@H]1O. The fourth-order valence-electron chi connectivity index (χ4n) is 2.50. The Balaban J connectivity index is 2.06. The summed E-state index contributed by atoms with van der Waals surface area (Å²) in [6.07, 6.45) is -14.3. The molecule has 2 fully saturated rings. The minimum atomic E-state index is -1.69. The Morgan fingerprint density at radius 2 is 1.45 bits per heavy atom. The molecule has 2 rings (SSSR count). The average molecular weight is 326 g/mol. The van der Waals surface area contributed by atoms with E-state index in [1.165, 1.54) is 6.92 Å². The highest BCUT2D eigenvalue weighted by Crippen LogP contribution is 2.28. The van der Waals surface area contributed by atoms with E-state index < -0.39 is 68.0 Å². The molecule has 130 valence electrons. The van der Waals surface area contributed by atoms with Gasteiger partial charge in [-0.3, -0.25) is 0 Å². The Labute approximate surface area is 126 Å². The van der Waals surface area contributed by atoms with Gasteiger partial charge in [0.25, 0.3) is 0 Å². The lowest BCUT2D eigenvalue weighted by atomic mass is 9.97. The molecule has 0 aromatic carbocycles. The molecule has 7 N–H and O–H groups in total. The van der Waals surface area contributed by atoms with Crippen LogP contribution in [0.1, 0.15) is 6.92 Å². The maximum atomic E-state index is 9.93. The van der Waals surface area contributed by atoms with E-state index in [9.17, 15) is 30.6 Å². The van der Waals surface area contributed by atoms with Crippen LogP contribution in [-0.2, 0) is 14.2 Å². The maximum absolute atomic E-state index is 9.93. The van der Waals surface area contributed by atoms with Gasteiger partial charge in [0.2, 0.25) is 0 Å². The van der Waals surface area contributed by atoms with Gasteiger partial charge in [-0.05, 0) is 6.92 Å². The zero-order valence-electron chi connectivity index (χ0n) is 11.8. The van der Waals surface area contributed by atoms with E-state index in [0.717, 1.165) is 0 Å². The quantitative estimate of drug-likeness (QED) is 0.269. The van der Waals surface area contributed by atoms with Crippen molar-refractivity contribution in [3.8, 4) is 0 Å². The number of rotatable bonds is 3. The van der Waals surface area contributed by atoms with Crippen molar-refractivity contribution in [2.45, 2.75) is 68.3 Å². The van der Waals surface area contributed by atoms with Gasteiger partial charge in [-0.15, -0.1) is 0 Å². The molecule has 2 saturated heterocycles. The van der Waals surface area contributed by atoms with Gasteiger partial charge in [0.15, 0.2) is 12.6 Å². The van der Waals surface area contributed by atoms with Crippen LogP contribution in [0.3, 0.4) is 0 Å². The smallest absolute Gasteiger partial charge is 0.187 e. The summed E-state index contributed by atoms with van der Waals surface area (Å²) in [5.41, 5.74) is 0. The summed E-state index contributed by atoms with van der Waals surface area (Å²) in [6.45, 7) is 0.823. The van der Waals surface area contributed by atoms with E-state index in [1.807, 2.05) is 0 Å². The van der Waals surface area contributed by atoms with Crippen molar-refractivity contribution < 1.29 is 50.0 Å². The van der Waals surface area contributed by atoms with E-state index in [1.54, 1.807) is 0 Å². The second-order valence-electron chi connectivity index (χ2n) is 5.51. The first-order valence-corrected chi connectivity index (χ1v) is 6.93. The predicted molar refractivity (Wildman–Crippen MR) is 67.2 cm³/mol. The molecule has 0 amide bonds. The standard InChI is InChI=1S/C12H22O10/c1-3-5(14)7(16)9(18)12(20-3)22-10-8(17)6(15)4(2-13)21-11(10)19/h3-19H,2H2,1H3/t3-,4+,5-,6-,7+,8-,9+,10+,11?,12-/m0/s1. The first-order valence-electron chi connectivity index (χ1n) is 6.93. The molecule has 2 heterocycles. The van der Waals surface area contributed by atoms with Crippen molar-refractivity contribution in [1.29, 1.82) is 0 Å². The molecule has 0 aromatic rings. The van der Waals surface area contributed by atoms with Crippen LogP contribution in [0.25, 0.3) is 0 Å². The molecule has 0 radical (unpaired) electrons. The molecule has 2 aliphatic heterocycles. The van der Waals surface area contributed by atoms with Crippen molar-refractivity contribution in [3.05, 3.63) is 0 Å². The minimum absolute atomic E-state index is 0.619. The van der Waals surface area contributed by atoms with Gasteiger partial charge in [0.05, 0.1) is 12.7 Å². The minimum Gasteiger partial charge on any atom is -0.394 e. The Bertz CT molecular complexity index is 368. The summed E-state index contributed by atoms with van der Waals surface area (Å²) in [6, 6.07) is 0. The van der Waals surface area contributed by atoms with Gasteiger partial charge in [0.1, 0.15) is 42.7 Å². The highest BCUT2D eigenvalue weighted by atomic mass is 16.7. The zero-order valence-corrected chi connectivity index (χ0v) is 11.8. The Kier molecular flexibility index (Phi) is 5.72. The molecule has 0 spiro atoms. The van der Waals surface area contributed by atoms with Gasteiger partial charge in [-0.25, -0.2) is 0 Å². The van der Waals surface area contributed by atoms with Gasteiger partial charge >= 0.3 is 0 Å². The number of ether oxygens (including phenoxy) is 3. The molecule has 1 unspecified atom stereocenters. The van der Waals surface area contributed by atoms with Gasteiger partial charge < -0.3 is 50.0 Å². The highest BCUT2D eigenvalue weighted by Gasteiger charge is 2.49. The van der Waals surface area contributed by atoms with E-state index >= 15 is 0 Å². The number of hydrogen-bond donors (Lipinski definition) is 7. The van der Waals surface area contributed by atoms with Crippen LogP contribution in [-0.4, -0.2) is 104 Å². The number of aliphatic hydroxyl groups is 7. The first-order chi connectivity index (χ1) is 10.3. The van der Waals surface area contributed by atoms with Crippen molar-refractivity contribution in [1.82, 2.24) is 0 Å². The molecule has 0 aliphatic carbocycles. The van der Waals surface area contributed by atoms with Crippen LogP contribution in [0.2, 0.25) is 0 Å². The largest absolute Gasteiger partial charge is 0.394 e. The molecule has 10 atom stereocenters. The summed E-state index contributed by atoms with van der Waals surface area (Å²) >= 11 is 0. The molecule has 10 heteroatoms. The molecule has 22 heavy (non-hydrogen) atoms. The third-order valence-electron chi connectivity index (χ3n) is 3.94. The Hall–Kier alpha value is -0.400. The van der Waals surface area contributed by atoms with Crippen molar-refractivity contribution in [2.24, 2.45) is 0 Å². The van der Waals surface area contributed by atoms with E-state index in [0.29, 0.717) is 0 Å². The van der Waals surface area contributed by atoms with Crippen molar-refractivity contribution in [3.63, 3.8) is 0 Å². The second-order valence-corrected chi connectivity index (χ2v) is 5.51. The van der Waals surface area contributed by atoms with E-state index in [2.05, 4.69) is 0 Å². The number of aliphatic hydroxyl groups excluding tert-OH is 7.